The highest BCUT2D eigenvalue weighted by Gasteiger charge is 2.23. The van der Waals surface area contributed by atoms with Crippen molar-refractivity contribution in [2.45, 2.75) is 0 Å². The predicted molar refractivity (Wildman–Crippen MR) is 151 cm³/mol. The minimum atomic E-state index is -0.0898. The van der Waals surface area contributed by atoms with Crippen molar-refractivity contribution in [1.29, 1.82) is 5.26 Å². The fourth-order valence-electron chi connectivity index (χ4n) is 5.72. The Balaban J connectivity index is 1.91. The minimum Gasteiger partial charge on any atom is -0.262 e. The molecular weight excluding hydrogens is 468 g/mol. The topological polar surface area (TPSA) is 62.7 Å². The molecule has 0 aliphatic heterocycles. The quantitative estimate of drug-likeness (QED) is 0.124. The van der Waals surface area contributed by atoms with Crippen molar-refractivity contribution >= 4 is 82.0 Å². The molecule has 0 bridgehead atoms. The van der Waals surface area contributed by atoms with E-state index in [1.165, 1.54) is 0 Å². The highest BCUT2D eigenvalue weighted by Crippen LogP contribution is 2.50. The van der Waals surface area contributed by atoms with Crippen LogP contribution in [-0.4, -0.2) is 9.97 Å². The van der Waals surface area contributed by atoms with Crippen LogP contribution in [-0.2, 0) is 0 Å². The Hall–Kier alpha value is -6.08. The second kappa shape index (κ2) is 7.71. The summed E-state index contributed by atoms with van der Waals surface area (Å²) in [5.41, 5.74) is 1.41. The Morgan fingerprint density at radius 2 is 1.11 bits per heavy atom. The average molecular weight is 480 g/mol. The Bertz CT molecular complexity index is 2390. The molecule has 6 nitrogen and oxygen atoms in total. The Kier molecular flexibility index (Phi) is 4.31. The van der Waals surface area contributed by atoms with Gasteiger partial charge in [0.15, 0.2) is 5.69 Å². The van der Waals surface area contributed by atoms with Crippen molar-refractivity contribution in [2.75, 3.05) is 0 Å². The van der Waals surface area contributed by atoms with Gasteiger partial charge in [-0.3, -0.25) is 24.5 Å². The number of nitriles is 1. The third-order valence-corrected chi connectivity index (χ3v) is 7.21. The molecule has 1 aromatic heterocycles. The molecule has 0 unspecified atom stereocenters. The first-order valence-corrected chi connectivity index (χ1v) is 11.7. The van der Waals surface area contributed by atoms with Gasteiger partial charge in [-0.05, 0) is 43.8 Å². The lowest BCUT2D eigenvalue weighted by Crippen LogP contribution is -1.93. The molecule has 0 N–H and O–H groups in total. The monoisotopic (exact) mass is 480 g/mol. The largest absolute Gasteiger partial charge is 0.262 e. The lowest BCUT2D eigenvalue weighted by molar-refractivity contribution is 1.31. The highest BCUT2D eigenvalue weighted by atomic mass is 14.8. The van der Waals surface area contributed by atoms with Gasteiger partial charge in [0.05, 0.1) is 42.4 Å². The molecule has 0 atom stereocenters. The van der Waals surface area contributed by atoms with E-state index in [2.05, 4.69) is 44.9 Å². The number of benzene rings is 6. The van der Waals surface area contributed by atoms with Crippen LogP contribution < -0.4 is 0 Å². The molecule has 170 valence electrons. The number of hydrogen-bond donors (Lipinski definition) is 0. The van der Waals surface area contributed by atoms with Crippen molar-refractivity contribution in [1.82, 2.24) is 9.97 Å². The summed E-state index contributed by atoms with van der Waals surface area (Å²) < 4.78 is 0. The number of rotatable bonds is 0. The molecule has 0 amide bonds. The fourth-order valence-corrected chi connectivity index (χ4v) is 5.72. The van der Waals surface area contributed by atoms with E-state index in [0.717, 1.165) is 48.6 Å². The average Bonchev–Trinajstić information content (AvgIpc) is 2.98. The molecule has 0 saturated carbocycles. The molecule has 0 spiro atoms. The molecule has 6 heteroatoms. The summed E-state index contributed by atoms with van der Waals surface area (Å²) in [4.78, 5) is 20.1. The zero-order valence-corrected chi connectivity index (χ0v) is 19.6. The van der Waals surface area contributed by atoms with Gasteiger partial charge >= 0.3 is 0 Å². The maximum atomic E-state index is 10.0. The summed E-state index contributed by atoms with van der Waals surface area (Å²) in [6.45, 7) is 23.2. The number of hydrogen-bond acceptors (Lipinski definition) is 3. The molecule has 0 aliphatic rings. The van der Waals surface area contributed by atoms with Crippen LogP contribution in [0, 0.1) is 31.0 Å². The Morgan fingerprint density at radius 1 is 0.553 bits per heavy atom. The van der Waals surface area contributed by atoms with Crippen LogP contribution in [0.2, 0.25) is 0 Å². The first-order valence-electron chi connectivity index (χ1n) is 11.7. The van der Waals surface area contributed by atoms with E-state index in [1.54, 1.807) is 12.4 Å². The van der Waals surface area contributed by atoms with E-state index < -0.39 is 0 Å². The van der Waals surface area contributed by atoms with Crippen LogP contribution in [0.3, 0.4) is 0 Å². The summed E-state index contributed by atoms with van der Waals surface area (Å²) in [6, 6.07) is 22.3. The molecule has 0 radical (unpaired) electrons. The standard InChI is InChI=1S/C32H12N6/c1-34-28-23-15-22-24(14-21(23)25(16-33)29(35-2)32(28)36-3)30-31(38-13-12-37-30)27-20-11-7-5-9-18(20)17-8-4-6-10-19(17)26(22)27/h4-15H. The van der Waals surface area contributed by atoms with Gasteiger partial charge in [-0.2, -0.15) is 5.26 Å². The Labute approximate surface area is 216 Å². The first-order chi connectivity index (χ1) is 18.7. The molecule has 0 aliphatic carbocycles. The van der Waals surface area contributed by atoms with Gasteiger partial charge in [-0.15, -0.1) is 0 Å². The summed E-state index contributed by atoms with van der Waals surface area (Å²) in [5.74, 6) is 0. The second-order valence-corrected chi connectivity index (χ2v) is 8.91. The molecule has 0 fully saturated rings. The lowest BCUT2D eigenvalue weighted by atomic mass is 9.88. The van der Waals surface area contributed by atoms with Gasteiger partial charge < -0.3 is 0 Å². The van der Waals surface area contributed by atoms with Crippen molar-refractivity contribution in [3.05, 3.63) is 113 Å². The second-order valence-electron chi connectivity index (χ2n) is 8.91. The van der Waals surface area contributed by atoms with Crippen LogP contribution >= 0.6 is 0 Å². The summed E-state index contributed by atoms with van der Waals surface area (Å²) in [6.07, 6.45) is 3.32. The fraction of sp³-hybridized carbons (Fsp3) is 0. The van der Waals surface area contributed by atoms with Crippen molar-refractivity contribution in [2.24, 2.45) is 0 Å². The third kappa shape index (κ3) is 2.56. The van der Waals surface area contributed by atoms with E-state index in [9.17, 15) is 5.26 Å². The van der Waals surface area contributed by atoms with E-state index >= 15 is 0 Å². The van der Waals surface area contributed by atoms with Crippen LogP contribution in [0.5, 0.6) is 0 Å². The van der Waals surface area contributed by atoms with Crippen LogP contribution in [0.25, 0.3) is 79.4 Å². The zero-order chi connectivity index (χ0) is 26.0. The van der Waals surface area contributed by atoms with Crippen LogP contribution in [0.4, 0.5) is 17.1 Å². The van der Waals surface area contributed by atoms with Gasteiger partial charge in [-0.1, -0.05) is 54.6 Å². The molecule has 7 rings (SSSR count). The van der Waals surface area contributed by atoms with Crippen molar-refractivity contribution < 1.29 is 0 Å². The van der Waals surface area contributed by atoms with Gasteiger partial charge in [0, 0.05) is 28.6 Å². The molecular formula is C32H12N6. The molecule has 7 aromatic rings. The number of nitrogens with zero attached hydrogens (tertiary/aromatic N) is 6. The maximum Gasteiger partial charge on any atom is 0.202 e. The molecule has 38 heavy (non-hydrogen) atoms. The van der Waals surface area contributed by atoms with Gasteiger partial charge in [0.25, 0.3) is 0 Å². The van der Waals surface area contributed by atoms with Gasteiger partial charge in [-0.25, -0.2) is 0 Å². The third-order valence-electron chi connectivity index (χ3n) is 7.21. The Morgan fingerprint density at radius 3 is 1.71 bits per heavy atom. The SMILES string of the molecule is [C-]#[N+]c1c([N+]#[C-])c([N+]#[C-])c2cc3c(cc2c1C#N)c1nccnc1c1c2ccccc2c2ccccc2c31. The first kappa shape index (κ1) is 21.2. The van der Waals surface area contributed by atoms with Gasteiger partial charge in [0.1, 0.15) is 0 Å². The van der Waals surface area contributed by atoms with Crippen molar-refractivity contribution in [3.63, 3.8) is 0 Å². The van der Waals surface area contributed by atoms with Crippen molar-refractivity contribution in [3.8, 4) is 6.07 Å². The normalized spacial score (nSPS) is 11.1. The molecule has 6 aromatic carbocycles. The predicted octanol–water partition coefficient (Wildman–Crippen LogP) is 8.92. The van der Waals surface area contributed by atoms with Gasteiger partial charge in [0.2, 0.25) is 11.4 Å². The van der Waals surface area contributed by atoms with Crippen LogP contribution in [0.15, 0.2) is 73.1 Å². The number of aromatic nitrogens is 2. The number of fused-ring (bicyclic) bond motifs is 12. The van der Waals surface area contributed by atoms with E-state index in [1.807, 2.05) is 36.4 Å². The summed E-state index contributed by atoms with van der Waals surface area (Å²) in [5, 5.41) is 18.8. The minimum absolute atomic E-state index is 0.0828. The smallest absolute Gasteiger partial charge is 0.202 e. The van der Waals surface area contributed by atoms with E-state index in [4.69, 9.17) is 29.7 Å². The zero-order valence-electron chi connectivity index (χ0n) is 19.6. The van der Waals surface area contributed by atoms with Crippen LogP contribution in [0.1, 0.15) is 5.56 Å². The maximum absolute atomic E-state index is 10.0. The van der Waals surface area contributed by atoms with E-state index in [0.29, 0.717) is 16.3 Å². The van der Waals surface area contributed by atoms with E-state index in [-0.39, 0.29) is 22.6 Å². The molecule has 0 saturated heterocycles. The highest BCUT2D eigenvalue weighted by molar-refractivity contribution is 6.39. The summed E-state index contributed by atoms with van der Waals surface area (Å²) in [7, 11) is 0. The summed E-state index contributed by atoms with van der Waals surface area (Å²) >= 11 is 0. The lowest BCUT2D eigenvalue weighted by Gasteiger charge is -2.17. The molecule has 1 heterocycles.